The zero-order chi connectivity index (χ0) is 14.9. The van der Waals surface area contributed by atoms with E-state index in [4.69, 9.17) is 4.74 Å². The minimum atomic E-state index is -0.281. The Morgan fingerprint density at radius 3 is 2.62 bits per heavy atom. The predicted molar refractivity (Wildman–Crippen MR) is 82.5 cm³/mol. The third-order valence-electron chi connectivity index (χ3n) is 4.87. The van der Waals surface area contributed by atoms with Crippen molar-refractivity contribution in [3.8, 4) is 5.75 Å². The van der Waals surface area contributed by atoms with Gasteiger partial charge in [0.05, 0.1) is 12.5 Å². The molecule has 1 saturated heterocycles. The summed E-state index contributed by atoms with van der Waals surface area (Å²) in [5.41, 5.74) is 0.834. The number of methoxy groups -OCH3 is 1. The van der Waals surface area contributed by atoms with E-state index >= 15 is 0 Å². The summed E-state index contributed by atoms with van der Waals surface area (Å²) in [6.07, 6.45) is 3.10. The van der Waals surface area contributed by atoms with Gasteiger partial charge < -0.3 is 15.0 Å². The van der Waals surface area contributed by atoms with Gasteiger partial charge in [-0.1, -0.05) is 12.1 Å². The van der Waals surface area contributed by atoms with Crippen LogP contribution >= 0.6 is 0 Å². The second-order valence-electron chi connectivity index (χ2n) is 6.44. The lowest BCUT2D eigenvalue weighted by Gasteiger charge is -2.18. The Balaban J connectivity index is 1.60. The molecule has 0 unspecified atom stereocenters. The molecule has 1 aromatic rings. The monoisotopic (exact) mass is 288 g/mol. The lowest BCUT2D eigenvalue weighted by Crippen LogP contribution is -2.38. The lowest BCUT2D eigenvalue weighted by molar-refractivity contribution is -0.123. The first-order chi connectivity index (χ1) is 10.1. The number of nitrogens with one attached hydrogen (secondary N) is 1. The Bertz CT molecular complexity index is 508. The SMILES string of the molecule is COc1ccc(C2(C(=O)NC[C@@H]3CCN(C)C3)CC2)cc1. The van der Waals surface area contributed by atoms with Gasteiger partial charge in [-0.25, -0.2) is 0 Å². The molecule has 3 rings (SSSR count). The first-order valence-corrected chi connectivity index (χ1v) is 7.75. The summed E-state index contributed by atoms with van der Waals surface area (Å²) < 4.78 is 5.18. The summed E-state index contributed by atoms with van der Waals surface area (Å²) in [4.78, 5) is 14.9. The highest BCUT2D eigenvalue weighted by atomic mass is 16.5. The van der Waals surface area contributed by atoms with E-state index in [9.17, 15) is 4.79 Å². The van der Waals surface area contributed by atoms with Gasteiger partial charge in [-0.15, -0.1) is 0 Å². The standard InChI is InChI=1S/C17H24N2O2/c1-19-10-7-13(12-19)11-18-16(20)17(8-9-17)14-3-5-15(21-2)6-4-14/h3-6,13H,7-12H2,1-2H3,(H,18,20)/t13-/m0/s1. The Hall–Kier alpha value is -1.55. The number of nitrogens with zero attached hydrogens (tertiary/aromatic N) is 1. The van der Waals surface area contributed by atoms with Crippen LogP contribution in [0, 0.1) is 5.92 Å². The molecule has 21 heavy (non-hydrogen) atoms. The molecule has 114 valence electrons. The number of hydrogen-bond acceptors (Lipinski definition) is 3. The van der Waals surface area contributed by atoms with Gasteiger partial charge in [0.2, 0.25) is 5.91 Å². The molecule has 0 spiro atoms. The summed E-state index contributed by atoms with van der Waals surface area (Å²) in [5, 5.41) is 3.18. The number of ether oxygens (including phenoxy) is 1. The van der Waals surface area contributed by atoms with Crippen molar-refractivity contribution in [2.75, 3.05) is 33.8 Å². The first kappa shape index (κ1) is 14.4. The van der Waals surface area contributed by atoms with Gasteiger partial charge in [0, 0.05) is 13.1 Å². The zero-order valence-electron chi connectivity index (χ0n) is 12.9. The van der Waals surface area contributed by atoms with E-state index in [2.05, 4.69) is 17.3 Å². The average Bonchev–Trinajstić information content (AvgIpc) is 3.22. The second kappa shape index (κ2) is 5.68. The van der Waals surface area contributed by atoms with Crippen LogP contribution in [0.3, 0.4) is 0 Å². The molecule has 0 bridgehead atoms. The molecule has 1 aliphatic carbocycles. The van der Waals surface area contributed by atoms with E-state index in [1.807, 2.05) is 24.3 Å². The second-order valence-corrected chi connectivity index (χ2v) is 6.44. The van der Waals surface area contributed by atoms with E-state index in [-0.39, 0.29) is 11.3 Å². The summed E-state index contributed by atoms with van der Waals surface area (Å²) in [7, 11) is 3.80. The molecule has 1 amide bonds. The highest BCUT2D eigenvalue weighted by Crippen LogP contribution is 2.48. The molecule has 2 fully saturated rings. The van der Waals surface area contributed by atoms with Crippen LogP contribution in [0.15, 0.2) is 24.3 Å². The third-order valence-corrected chi connectivity index (χ3v) is 4.87. The number of likely N-dealkylation sites (tertiary alicyclic amines) is 1. The summed E-state index contributed by atoms with van der Waals surface area (Å²) in [6, 6.07) is 7.92. The van der Waals surface area contributed by atoms with Crippen molar-refractivity contribution in [3.05, 3.63) is 29.8 Å². The molecule has 0 radical (unpaired) electrons. The maximum atomic E-state index is 12.6. The molecule has 1 N–H and O–H groups in total. The normalized spacial score (nSPS) is 23.8. The van der Waals surface area contributed by atoms with Crippen molar-refractivity contribution < 1.29 is 9.53 Å². The van der Waals surface area contributed by atoms with Crippen molar-refractivity contribution in [3.63, 3.8) is 0 Å². The van der Waals surface area contributed by atoms with Gasteiger partial charge in [0.1, 0.15) is 5.75 Å². The third kappa shape index (κ3) is 2.91. The van der Waals surface area contributed by atoms with Crippen LogP contribution in [0.1, 0.15) is 24.8 Å². The fourth-order valence-corrected chi connectivity index (χ4v) is 3.28. The maximum absolute atomic E-state index is 12.6. The van der Waals surface area contributed by atoms with Crippen LogP contribution in [-0.4, -0.2) is 44.6 Å². The van der Waals surface area contributed by atoms with Gasteiger partial charge in [-0.05, 0) is 56.5 Å². The van der Waals surface area contributed by atoms with Crippen molar-refractivity contribution in [1.29, 1.82) is 0 Å². The average molecular weight is 288 g/mol. The minimum absolute atomic E-state index is 0.196. The lowest BCUT2D eigenvalue weighted by atomic mass is 9.94. The van der Waals surface area contributed by atoms with Crippen LogP contribution in [0.2, 0.25) is 0 Å². The van der Waals surface area contributed by atoms with E-state index in [1.54, 1.807) is 7.11 Å². The molecule has 1 atom stereocenters. The molecular weight excluding hydrogens is 264 g/mol. The molecule has 1 saturated carbocycles. The topological polar surface area (TPSA) is 41.6 Å². The number of hydrogen-bond donors (Lipinski definition) is 1. The van der Waals surface area contributed by atoms with Crippen molar-refractivity contribution in [2.24, 2.45) is 5.92 Å². The van der Waals surface area contributed by atoms with Gasteiger partial charge in [0.15, 0.2) is 0 Å². The Kier molecular flexibility index (Phi) is 3.89. The van der Waals surface area contributed by atoms with Crippen LogP contribution in [0.5, 0.6) is 5.75 Å². The van der Waals surface area contributed by atoms with E-state index < -0.39 is 0 Å². The van der Waals surface area contributed by atoms with Crippen molar-refractivity contribution >= 4 is 5.91 Å². The maximum Gasteiger partial charge on any atom is 0.230 e. The smallest absolute Gasteiger partial charge is 0.230 e. The van der Waals surface area contributed by atoms with Gasteiger partial charge >= 0.3 is 0 Å². The Morgan fingerprint density at radius 2 is 2.10 bits per heavy atom. The molecule has 4 heteroatoms. The quantitative estimate of drug-likeness (QED) is 0.898. The highest BCUT2D eigenvalue weighted by Gasteiger charge is 2.51. The number of rotatable bonds is 5. The molecule has 0 aromatic heterocycles. The molecular formula is C17H24N2O2. The summed E-state index contributed by atoms with van der Waals surface area (Å²) >= 11 is 0. The molecule has 4 nitrogen and oxygen atoms in total. The number of carbonyl (C=O) groups is 1. The van der Waals surface area contributed by atoms with Crippen LogP contribution in [0.4, 0.5) is 0 Å². The van der Waals surface area contributed by atoms with E-state index in [0.29, 0.717) is 5.92 Å². The highest BCUT2D eigenvalue weighted by molar-refractivity contribution is 5.91. The first-order valence-electron chi connectivity index (χ1n) is 7.75. The van der Waals surface area contributed by atoms with Crippen molar-refractivity contribution in [1.82, 2.24) is 10.2 Å². The molecule has 1 aromatic carbocycles. The Labute approximate surface area is 126 Å². The fraction of sp³-hybridized carbons (Fsp3) is 0.588. The van der Waals surface area contributed by atoms with Crippen molar-refractivity contribution in [2.45, 2.75) is 24.7 Å². The molecule has 2 aliphatic rings. The minimum Gasteiger partial charge on any atom is -0.497 e. The Morgan fingerprint density at radius 1 is 1.38 bits per heavy atom. The number of amides is 1. The number of benzene rings is 1. The molecule has 1 aliphatic heterocycles. The predicted octanol–water partition coefficient (Wildman–Crippen LogP) is 1.79. The molecule has 1 heterocycles. The summed E-state index contributed by atoms with van der Waals surface area (Å²) in [5.74, 6) is 1.64. The largest absolute Gasteiger partial charge is 0.497 e. The van der Waals surface area contributed by atoms with Crippen LogP contribution < -0.4 is 10.1 Å². The van der Waals surface area contributed by atoms with E-state index in [1.165, 1.54) is 6.42 Å². The van der Waals surface area contributed by atoms with Crippen LogP contribution in [0.25, 0.3) is 0 Å². The van der Waals surface area contributed by atoms with Gasteiger partial charge in [0.25, 0.3) is 0 Å². The van der Waals surface area contributed by atoms with Crippen LogP contribution in [-0.2, 0) is 10.2 Å². The summed E-state index contributed by atoms with van der Waals surface area (Å²) in [6.45, 7) is 3.04. The van der Waals surface area contributed by atoms with Gasteiger partial charge in [-0.2, -0.15) is 0 Å². The van der Waals surface area contributed by atoms with Gasteiger partial charge in [-0.3, -0.25) is 4.79 Å². The number of carbonyl (C=O) groups excluding carboxylic acids is 1. The van der Waals surface area contributed by atoms with E-state index in [0.717, 1.165) is 43.8 Å². The fourth-order valence-electron chi connectivity index (χ4n) is 3.28. The zero-order valence-corrected chi connectivity index (χ0v) is 12.9.